The molecular formula is C14H30O8Si. The second-order valence-corrected chi connectivity index (χ2v) is 7.46. The van der Waals surface area contributed by atoms with Crippen molar-refractivity contribution >= 4 is 14.8 Å². The summed E-state index contributed by atoms with van der Waals surface area (Å²) in [6, 6.07) is 0.426. The molecule has 0 aliphatic heterocycles. The van der Waals surface area contributed by atoms with Gasteiger partial charge in [-0.15, -0.1) is 0 Å². The van der Waals surface area contributed by atoms with Crippen molar-refractivity contribution < 1.29 is 37.0 Å². The largest absolute Gasteiger partial charge is 0.506 e. The van der Waals surface area contributed by atoms with Gasteiger partial charge in [0.05, 0.1) is 6.61 Å². The van der Waals surface area contributed by atoms with Gasteiger partial charge in [0, 0.05) is 34.3 Å². The van der Waals surface area contributed by atoms with Crippen molar-refractivity contribution in [2.45, 2.75) is 59.0 Å². The molecule has 0 spiro atoms. The van der Waals surface area contributed by atoms with E-state index in [4.69, 9.17) is 32.2 Å². The molecule has 0 bridgehead atoms. The maximum Gasteiger partial charge on any atom is 0.506 e. The second kappa shape index (κ2) is 11.9. The summed E-state index contributed by atoms with van der Waals surface area (Å²) < 4.78 is 38.2. The van der Waals surface area contributed by atoms with Gasteiger partial charge in [0.15, 0.2) is 0 Å². The van der Waals surface area contributed by atoms with Crippen LogP contribution in [0.5, 0.6) is 0 Å². The normalized spacial score (nSPS) is 18.0. The van der Waals surface area contributed by atoms with E-state index < -0.39 is 27.7 Å². The van der Waals surface area contributed by atoms with E-state index in [-0.39, 0.29) is 12.6 Å². The van der Waals surface area contributed by atoms with Gasteiger partial charge in [0.25, 0.3) is 0 Å². The van der Waals surface area contributed by atoms with E-state index >= 15 is 0 Å². The van der Waals surface area contributed by atoms with Gasteiger partial charge in [0.2, 0.25) is 0 Å². The van der Waals surface area contributed by atoms with E-state index in [1.807, 2.05) is 0 Å². The van der Waals surface area contributed by atoms with Crippen molar-refractivity contribution in [2.24, 2.45) is 0 Å². The second-order valence-electron chi connectivity index (χ2n) is 4.89. The predicted molar refractivity (Wildman–Crippen MR) is 84.5 cm³/mol. The van der Waals surface area contributed by atoms with E-state index in [0.717, 1.165) is 0 Å². The van der Waals surface area contributed by atoms with Crippen molar-refractivity contribution in [1.29, 1.82) is 0 Å². The zero-order valence-electron chi connectivity index (χ0n) is 15.1. The minimum absolute atomic E-state index is 0.254. The number of hydrogen-bond donors (Lipinski definition) is 0. The van der Waals surface area contributed by atoms with E-state index in [1.54, 1.807) is 20.8 Å². The highest BCUT2D eigenvalue weighted by Crippen LogP contribution is 2.24. The molecular weight excluding hydrogens is 324 g/mol. The first kappa shape index (κ1) is 22.4. The molecule has 23 heavy (non-hydrogen) atoms. The zero-order chi connectivity index (χ0) is 17.9. The van der Waals surface area contributed by atoms with E-state index in [0.29, 0.717) is 12.5 Å². The summed E-state index contributed by atoms with van der Waals surface area (Å²) in [4.78, 5) is 10.9. The Balaban J connectivity index is 5.05. The molecule has 0 fully saturated rings. The molecule has 9 heteroatoms. The first-order valence-electron chi connectivity index (χ1n) is 7.53. The number of carbonyl (C=O) groups excluding carboxylic acids is 1. The molecule has 3 unspecified atom stereocenters. The van der Waals surface area contributed by atoms with Gasteiger partial charge in [-0.25, -0.2) is 0 Å². The van der Waals surface area contributed by atoms with Gasteiger partial charge in [-0.1, -0.05) is 0 Å². The SMILES string of the molecule is COC(C)O[Si](CCCOC(C)=O)(OC(C)OC)OC(C)OC. The number of esters is 1. The topological polar surface area (TPSA) is 81.7 Å². The Morgan fingerprint density at radius 1 is 0.870 bits per heavy atom. The molecule has 0 aromatic carbocycles. The molecule has 0 heterocycles. The fraction of sp³-hybridized carbons (Fsp3) is 0.929. The van der Waals surface area contributed by atoms with Gasteiger partial charge in [-0.2, -0.15) is 0 Å². The molecule has 8 nitrogen and oxygen atoms in total. The quantitative estimate of drug-likeness (QED) is 0.215. The molecule has 3 atom stereocenters. The van der Waals surface area contributed by atoms with Crippen molar-refractivity contribution in [1.82, 2.24) is 0 Å². The molecule has 0 aromatic heterocycles. The number of ether oxygens (including phenoxy) is 4. The number of carbonyl (C=O) groups is 1. The van der Waals surface area contributed by atoms with Crippen LogP contribution in [0.4, 0.5) is 0 Å². The lowest BCUT2D eigenvalue weighted by atomic mass is 10.5. The van der Waals surface area contributed by atoms with Crippen molar-refractivity contribution in [3.05, 3.63) is 0 Å². The van der Waals surface area contributed by atoms with Crippen molar-refractivity contribution in [3.63, 3.8) is 0 Å². The number of rotatable bonds is 13. The third kappa shape index (κ3) is 10.0. The number of methoxy groups -OCH3 is 3. The molecule has 138 valence electrons. The molecule has 0 radical (unpaired) electrons. The van der Waals surface area contributed by atoms with Crippen LogP contribution in [0.15, 0.2) is 0 Å². The van der Waals surface area contributed by atoms with Crippen LogP contribution in [0.2, 0.25) is 6.04 Å². The standard InChI is InChI=1S/C14H30O8Si/c1-11(15)19-9-8-10-23(20-12(2)16-5,21-13(3)17-6)22-14(4)18-7/h12-14H,8-10H2,1-7H3. The van der Waals surface area contributed by atoms with Crippen molar-refractivity contribution in [3.8, 4) is 0 Å². The maximum absolute atomic E-state index is 10.9. The van der Waals surface area contributed by atoms with Crippen LogP contribution in [0, 0.1) is 0 Å². The first-order chi connectivity index (χ1) is 10.8. The van der Waals surface area contributed by atoms with Gasteiger partial charge in [-0.3, -0.25) is 4.79 Å². The van der Waals surface area contributed by atoms with Crippen LogP contribution in [0.25, 0.3) is 0 Å². The van der Waals surface area contributed by atoms with Gasteiger partial charge in [0.1, 0.15) is 18.9 Å². The van der Waals surface area contributed by atoms with Crippen LogP contribution in [0.3, 0.4) is 0 Å². The summed E-state index contributed by atoms with van der Waals surface area (Å²) in [5.41, 5.74) is 0. The highest BCUT2D eigenvalue weighted by molar-refractivity contribution is 6.60. The fourth-order valence-corrected chi connectivity index (χ4v) is 4.57. The molecule has 0 aliphatic rings. The van der Waals surface area contributed by atoms with Crippen LogP contribution >= 0.6 is 0 Å². The molecule has 0 N–H and O–H groups in total. The summed E-state index contributed by atoms with van der Waals surface area (Å²) in [5.74, 6) is -0.333. The first-order valence-corrected chi connectivity index (χ1v) is 9.47. The highest BCUT2D eigenvalue weighted by Gasteiger charge is 2.46. The average molecular weight is 354 g/mol. The lowest BCUT2D eigenvalue weighted by Crippen LogP contribution is -2.52. The summed E-state index contributed by atoms with van der Waals surface area (Å²) >= 11 is 0. The Labute approximate surface area is 139 Å². The highest BCUT2D eigenvalue weighted by atomic mass is 28.4. The monoisotopic (exact) mass is 354 g/mol. The lowest BCUT2D eigenvalue weighted by molar-refractivity contribution is -0.164. The Morgan fingerprint density at radius 2 is 1.26 bits per heavy atom. The van der Waals surface area contributed by atoms with Gasteiger partial charge in [-0.05, 0) is 27.2 Å². The van der Waals surface area contributed by atoms with Crippen LogP contribution < -0.4 is 0 Å². The average Bonchev–Trinajstić information content (AvgIpc) is 2.50. The summed E-state index contributed by atoms with van der Waals surface area (Å²) in [6.45, 7) is 6.85. The lowest BCUT2D eigenvalue weighted by Gasteiger charge is -2.35. The zero-order valence-corrected chi connectivity index (χ0v) is 16.1. The van der Waals surface area contributed by atoms with E-state index in [1.165, 1.54) is 28.3 Å². The minimum Gasteiger partial charge on any atom is -0.466 e. The van der Waals surface area contributed by atoms with Crippen LogP contribution in [-0.2, 0) is 37.0 Å². The fourth-order valence-electron chi connectivity index (χ4n) is 1.67. The van der Waals surface area contributed by atoms with E-state index in [9.17, 15) is 4.79 Å². The van der Waals surface area contributed by atoms with Crippen LogP contribution in [-0.4, -0.2) is 61.6 Å². The van der Waals surface area contributed by atoms with Crippen molar-refractivity contribution in [2.75, 3.05) is 27.9 Å². The summed E-state index contributed by atoms with van der Waals surface area (Å²) in [6.07, 6.45) is -1.05. The third-order valence-electron chi connectivity index (χ3n) is 2.96. The third-order valence-corrected chi connectivity index (χ3v) is 6.00. The minimum atomic E-state index is -3.19. The maximum atomic E-state index is 10.9. The molecule has 0 aromatic rings. The van der Waals surface area contributed by atoms with E-state index in [2.05, 4.69) is 0 Å². The molecule has 0 amide bonds. The predicted octanol–water partition coefficient (Wildman–Crippen LogP) is 1.91. The Morgan fingerprint density at radius 3 is 1.57 bits per heavy atom. The smallest absolute Gasteiger partial charge is 0.466 e. The molecule has 0 rings (SSSR count). The molecule has 0 aliphatic carbocycles. The Hall–Kier alpha value is -0.553. The Kier molecular flexibility index (Phi) is 11.6. The number of hydrogen-bond acceptors (Lipinski definition) is 8. The van der Waals surface area contributed by atoms with Gasteiger partial charge >= 0.3 is 14.8 Å². The summed E-state index contributed by atoms with van der Waals surface area (Å²) in [7, 11) is 1.40. The van der Waals surface area contributed by atoms with Crippen LogP contribution in [0.1, 0.15) is 34.1 Å². The van der Waals surface area contributed by atoms with Gasteiger partial charge < -0.3 is 32.2 Å². The molecule has 0 saturated carbocycles. The molecule has 0 saturated heterocycles. The Bertz CT molecular complexity index is 297. The summed E-state index contributed by atoms with van der Waals surface area (Å²) in [5, 5.41) is 0.